The molecule has 2 aromatic carbocycles. The number of pyridine rings is 1. The van der Waals surface area contributed by atoms with E-state index in [0.29, 0.717) is 10.9 Å². The Labute approximate surface area is 119 Å². The van der Waals surface area contributed by atoms with Gasteiger partial charge in [-0.2, -0.15) is 0 Å². The Hall–Kier alpha value is -2.95. The molecule has 3 aromatic rings. The SMILES string of the molecule is O=C(Nc1ccccc1F)c1c[nH]c2ccccc2c1=O. The van der Waals surface area contributed by atoms with Crippen LogP contribution in [0.4, 0.5) is 10.1 Å². The molecule has 0 bridgehead atoms. The highest BCUT2D eigenvalue weighted by atomic mass is 19.1. The van der Waals surface area contributed by atoms with Crippen LogP contribution in [0.2, 0.25) is 0 Å². The van der Waals surface area contributed by atoms with E-state index in [-0.39, 0.29) is 11.3 Å². The molecule has 21 heavy (non-hydrogen) atoms. The first kappa shape index (κ1) is 13.1. The van der Waals surface area contributed by atoms with Crippen LogP contribution < -0.4 is 10.7 Å². The van der Waals surface area contributed by atoms with Crippen molar-refractivity contribution in [3.8, 4) is 0 Å². The molecule has 0 atom stereocenters. The molecule has 0 unspecified atom stereocenters. The first-order valence-corrected chi connectivity index (χ1v) is 6.33. The van der Waals surface area contributed by atoms with Crippen LogP contribution in [0.5, 0.6) is 0 Å². The lowest BCUT2D eigenvalue weighted by molar-refractivity contribution is 0.102. The molecule has 5 heteroatoms. The van der Waals surface area contributed by atoms with E-state index in [1.807, 2.05) is 0 Å². The van der Waals surface area contributed by atoms with Crippen molar-refractivity contribution in [3.05, 3.63) is 76.3 Å². The fourth-order valence-electron chi connectivity index (χ4n) is 2.09. The van der Waals surface area contributed by atoms with Crippen LogP contribution in [0.3, 0.4) is 0 Å². The highest BCUT2D eigenvalue weighted by Crippen LogP contribution is 2.14. The van der Waals surface area contributed by atoms with Crippen LogP contribution >= 0.6 is 0 Å². The molecule has 0 spiro atoms. The zero-order valence-electron chi connectivity index (χ0n) is 10.9. The Kier molecular flexibility index (Phi) is 3.23. The second-order valence-corrected chi connectivity index (χ2v) is 4.51. The van der Waals surface area contributed by atoms with E-state index in [1.54, 1.807) is 30.3 Å². The zero-order chi connectivity index (χ0) is 14.8. The van der Waals surface area contributed by atoms with Crippen LogP contribution in [-0.4, -0.2) is 10.9 Å². The number of hydrogen-bond donors (Lipinski definition) is 2. The fourth-order valence-corrected chi connectivity index (χ4v) is 2.09. The monoisotopic (exact) mass is 282 g/mol. The third kappa shape index (κ3) is 2.41. The number of para-hydroxylation sites is 2. The molecular formula is C16H11FN2O2. The summed E-state index contributed by atoms with van der Waals surface area (Å²) in [6.07, 6.45) is 1.33. The largest absolute Gasteiger partial charge is 0.360 e. The molecule has 104 valence electrons. The molecule has 0 aliphatic rings. The summed E-state index contributed by atoms with van der Waals surface area (Å²) < 4.78 is 13.5. The van der Waals surface area contributed by atoms with Gasteiger partial charge in [0, 0.05) is 17.1 Å². The maximum atomic E-state index is 13.5. The number of carbonyl (C=O) groups is 1. The summed E-state index contributed by atoms with van der Waals surface area (Å²) in [6.45, 7) is 0. The lowest BCUT2D eigenvalue weighted by Crippen LogP contribution is -2.22. The quantitative estimate of drug-likeness (QED) is 0.759. The summed E-state index contributed by atoms with van der Waals surface area (Å²) in [7, 11) is 0. The summed E-state index contributed by atoms with van der Waals surface area (Å²) in [4.78, 5) is 27.3. The van der Waals surface area contributed by atoms with E-state index in [2.05, 4.69) is 10.3 Å². The highest BCUT2D eigenvalue weighted by Gasteiger charge is 2.14. The van der Waals surface area contributed by atoms with Crippen LogP contribution in [-0.2, 0) is 0 Å². The van der Waals surface area contributed by atoms with Crippen molar-refractivity contribution in [1.82, 2.24) is 4.98 Å². The molecule has 1 heterocycles. The maximum Gasteiger partial charge on any atom is 0.261 e. The number of amides is 1. The van der Waals surface area contributed by atoms with Crippen LogP contribution in [0.15, 0.2) is 59.5 Å². The van der Waals surface area contributed by atoms with Crippen molar-refractivity contribution >= 4 is 22.5 Å². The number of rotatable bonds is 2. The first-order chi connectivity index (χ1) is 10.2. The average molecular weight is 282 g/mol. The molecule has 4 nitrogen and oxygen atoms in total. The van der Waals surface area contributed by atoms with Crippen molar-refractivity contribution in [2.24, 2.45) is 0 Å². The normalized spacial score (nSPS) is 10.5. The van der Waals surface area contributed by atoms with Crippen LogP contribution in [0.25, 0.3) is 10.9 Å². The van der Waals surface area contributed by atoms with Gasteiger partial charge in [-0.15, -0.1) is 0 Å². The van der Waals surface area contributed by atoms with E-state index in [0.717, 1.165) is 0 Å². The predicted octanol–water partition coefficient (Wildman–Crippen LogP) is 2.92. The fraction of sp³-hybridized carbons (Fsp3) is 0. The van der Waals surface area contributed by atoms with Crippen LogP contribution in [0, 0.1) is 5.82 Å². The van der Waals surface area contributed by atoms with Crippen molar-refractivity contribution in [2.75, 3.05) is 5.32 Å². The average Bonchev–Trinajstić information content (AvgIpc) is 2.50. The number of hydrogen-bond acceptors (Lipinski definition) is 2. The lowest BCUT2D eigenvalue weighted by atomic mass is 10.1. The van der Waals surface area contributed by atoms with Gasteiger partial charge in [0.15, 0.2) is 0 Å². The van der Waals surface area contributed by atoms with Gasteiger partial charge in [0.25, 0.3) is 5.91 Å². The van der Waals surface area contributed by atoms with Crippen molar-refractivity contribution < 1.29 is 9.18 Å². The van der Waals surface area contributed by atoms with Gasteiger partial charge in [0.05, 0.1) is 5.69 Å². The highest BCUT2D eigenvalue weighted by molar-refractivity contribution is 6.05. The number of halogens is 1. The number of fused-ring (bicyclic) bond motifs is 1. The molecule has 0 fully saturated rings. The Morgan fingerprint density at radius 1 is 1.05 bits per heavy atom. The zero-order valence-corrected chi connectivity index (χ0v) is 10.9. The molecule has 0 saturated carbocycles. The maximum absolute atomic E-state index is 13.5. The number of nitrogens with one attached hydrogen (secondary N) is 2. The van der Waals surface area contributed by atoms with E-state index in [9.17, 15) is 14.0 Å². The minimum absolute atomic E-state index is 0.0371. The summed E-state index contributed by atoms with van der Waals surface area (Å²) in [5, 5.41) is 2.81. The Morgan fingerprint density at radius 2 is 1.76 bits per heavy atom. The second kappa shape index (κ2) is 5.20. The molecule has 2 N–H and O–H groups in total. The minimum atomic E-state index is -0.646. The topological polar surface area (TPSA) is 62.0 Å². The molecule has 0 aliphatic carbocycles. The van der Waals surface area contributed by atoms with Gasteiger partial charge in [-0.25, -0.2) is 4.39 Å². The van der Waals surface area contributed by atoms with E-state index in [1.165, 1.54) is 24.4 Å². The van der Waals surface area contributed by atoms with E-state index in [4.69, 9.17) is 0 Å². The summed E-state index contributed by atoms with van der Waals surface area (Å²) >= 11 is 0. The number of anilines is 1. The standard InChI is InChI=1S/C16H11FN2O2/c17-12-6-2-4-8-14(12)19-16(21)11-9-18-13-7-3-1-5-10(13)15(11)20/h1-9H,(H,18,20)(H,19,21). The van der Waals surface area contributed by atoms with Crippen molar-refractivity contribution in [2.45, 2.75) is 0 Å². The third-order valence-corrected chi connectivity index (χ3v) is 3.16. The van der Waals surface area contributed by atoms with Gasteiger partial charge in [-0.05, 0) is 24.3 Å². The number of aromatic nitrogens is 1. The summed E-state index contributed by atoms with van der Waals surface area (Å²) in [5.41, 5.74) is 0.232. The van der Waals surface area contributed by atoms with Gasteiger partial charge >= 0.3 is 0 Å². The molecule has 0 radical (unpaired) electrons. The van der Waals surface area contributed by atoms with Crippen molar-refractivity contribution in [3.63, 3.8) is 0 Å². The molecule has 0 saturated heterocycles. The Bertz CT molecular complexity index is 887. The number of aromatic amines is 1. The van der Waals surface area contributed by atoms with Crippen LogP contribution in [0.1, 0.15) is 10.4 Å². The van der Waals surface area contributed by atoms with Crippen molar-refractivity contribution in [1.29, 1.82) is 0 Å². The number of benzene rings is 2. The third-order valence-electron chi connectivity index (χ3n) is 3.16. The molecule has 1 aromatic heterocycles. The van der Waals surface area contributed by atoms with E-state index >= 15 is 0 Å². The van der Waals surface area contributed by atoms with Gasteiger partial charge < -0.3 is 10.3 Å². The van der Waals surface area contributed by atoms with Gasteiger partial charge in [-0.3, -0.25) is 9.59 Å². The van der Waals surface area contributed by atoms with Gasteiger partial charge in [0.1, 0.15) is 11.4 Å². The van der Waals surface area contributed by atoms with Gasteiger partial charge in [0.2, 0.25) is 5.43 Å². The number of carbonyl (C=O) groups excluding carboxylic acids is 1. The summed E-state index contributed by atoms with van der Waals surface area (Å²) in [5.74, 6) is -1.20. The smallest absolute Gasteiger partial charge is 0.261 e. The Morgan fingerprint density at radius 3 is 2.57 bits per heavy atom. The molecule has 0 aliphatic heterocycles. The molecule has 1 amide bonds. The first-order valence-electron chi connectivity index (χ1n) is 6.33. The number of H-pyrrole nitrogens is 1. The van der Waals surface area contributed by atoms with E-state index < -0.39 is 17.2 Å². The molecular weight excluding hydrogens is 271 g/mol. The summed E-state index contributed by atoms with van der Waals surface area (Å²) in [6, 6.07) is 12.7. The lowest BCUT2D eigenvalue weighted by Gasteiger charge is -2.06. The second-order valence-electron chi connectivity index (χ2n) is 4.51. The van der Waals surface area contributed by atoms with Gasteiger partial charge in [-0.1, -0.05) is 24.3 Å². The minimum Gasteiger partial charge on any atom is -0.360 e. The predicted molar refractivity (Wildman–Crippen MR) is 78.9 cm³/mol. The molecule has 3 rings (SSSR count). The Balaban J connectivity index is 2.01.